The first-order valence-electron chi connectivity index (χ1n) is 4.82. The molecule has 0 N–H and O–H groups in total. The van der Waals surface area contributed by atoms with E-state index in [-0.39, 0.29) is 9.79 Å². The Balaban J connectivity index is 2.22. The van der Waals surface area contributed by atoms with Crippen LogP contribution in [0.5, 0.6) is 0 Å². The molecule has 0 aliphatic rings. The monoisotopic (exact) mass is 290 g/mol. The summed E-state index contributed by atoms with van der Waals surface area (Å²) in [6.07, 6.45) is 0. The predicted molar refractivity (Wildman–Crippen MR) is 64.4 cm³/mol. The van der Waals surface area contributed by atoms with Gasteiger partial charge in [-0.2, -0.15) is 0 Å². The SMILES string of the molecule is Fc1cccc(F)c1SSc1c(F)cccc1F. The molecule has 0 aliphatic carbocycles. The van der Waals surface area contributed by atoms with Gasteiger partial charge in [-0.15, -0.1) is 0 Å². The summed E-state index contributed by atoms with van der Waals surface area (Å²) in [4.78, 5) is -0.546. The van der Waals surface area contributed by atoms with Crippen molar-refractivity contribution in [3.8, 4) is 0 Å². The molecule has 0 aromatic heterocycles. The third-order valence-corrected chi connectivity index (χ3v) is 4.49. The van der Waals surface area contributed by atoms with E-state index in [4.69, 9.17) is 0 Å². The number of hydrogen-bond acceptors (Lipinski definition) is 2. The Morgan fingerprint density at radius 3 is 1.11 bits per heavy atom. The maximum Gasteiger partial charge on any atom is 0.140 e. The Hall–Kier alpha value is -1.14. The van der Waals surface area contributed by atoms with Crippen LogP contribution in [0.2, 0.25) is 0 Å². The Kier molecular flexibility index (Phi) is 4.19. The van der Waals surface area contributed by atoms with Gasteiger partial charge >= 0.3 is 0 Å². The molecule has 2 aromatic carbocycles. The smallest absolute Gasteiger partial charge is 0.140 e. The molecule has 0 spiro atoms. The first kappa shape index (κ1) is 13.3. The van der Waals surface area contributed by atoms with Crippen LogP contribution >= 0.6 is 21.6 Å². The highest BCUT2D eigenvalue weighted by Gasteiger charge is 2.14. The minimum absolute atomic E-state index is 0.273. The minimum atomic E-state index is -0.760. The fraction of sp³-hybridized carbons (Fsp3) is 0. The van der Waals surface area contributed by atoms with Crippen LogP contribution in [-0.2, 0) is 0 Å². The van der Waals surface area contributed by atoms with Crippen molar-refractivity contribution in [1.29, 1.82) is 0 Å². The fourth-order valence-electron chi connectivity index (χ4n) is 1.21. The Bertz CT molecular complexity index is 480. The maximum atomic E-state index is 13.3. The highest BCUT2D eigenvalue weighted by Crippen LogP contribution is 2.41. The van der Waals surface area contributed by atoms with E-state index in [2.05, 4.69) is 0 Å². The first-order chi connectivity index (χ1) is 8.59. The van der Waals surface area contributed by atoms with E-state index in [9.17, 15) is 17.6 Å². The molecule has 0 radical (unpaired) electrons. The molecule has 0 atom stereocenters. The highest BCUT2D eigenvalue weighted by atomic mass is 33.1. The largest absolute Gasteiger partial charge is 0.206 e. The highest BCUT2D eigenvalue weighted by molar-refractivity contribution is 8.76. The van der Waals surface area contributed by atoms with Crippen molar-refractivity contribution >= 4 is 21.6 Å². The molecule has 0 heterocycles. The number of rotatable bonds is 3. The van der Waals surface area contributed by atoms with Gasteiger partial charge in [0.2, 0.25) is 0 Å². The van der Waals surface area contributed by atoms with E-state index in [1.807, 2.05) is 0 Å². The van der Waals surface area contributed by atoms with Crippen molar-refractivity contribution in [2.75, 3.05) is 0 Å². The van der Waals surface area contributed by atoms with E-state index in [0.29, 0.717) is 21.6 Å². The molecule has 6 heteroatoms. The average Bonchev–Trinajstić information content (AvgIpc) is 2.31. The van der Waals surface area contributed by atoms with E-state index in [0.717, 1.165) is 24.3 Å². The van der Waals surface area contributed by atoms with Crippen LogP contribution in [0.1, 0.15) is 0 Å². The lowest BCUT2D eigenvalue weighted by Gasteiger charge is -2.05. The molecule has 0 fully saturated rings. The second-order valence-corrected chi connectivity index (χ2v) is 5.42. The Morgan fingerprint density at radius 1 is 0.556 bits per heavy atom. The molecule has 2 aromatic rings. The molecule has 94 valence electrons. The van der Waals surface area contributed by atoms with Crippen LogP contribution in [0.15, 0.2) is 46.2 Å². The van der Waals surface area contributed by atoms with Gasteiger partial charge in [-0.25, -0.2) is 17.6 Å². The summed E-state index contributed by atoms with van der Waals surface area (Å²) in [5.41, 5.74) is 0. The van der Waals surface area contributed by atoms with Gasteiger partial charge in [0.05, 0.1) is 9.79 Å². The summed E-state index contributed by atoms with van der Waals surface area (Å²) in [6, 6.07) is 6.80. The molecule has 0 nitrogen and oxygen atoms in total. The standard InChI is InChI=1S/C12H6F4S2/c13-7-3-1-4-8(14)11(7)17-18-12-9(15)5-2-6-10(12)16/h1-6H. The molecule has 18 heavy (non-hydrogen) atoms. The van der Waals surface area contributed by atoms with Crippen molar-refractivity contribution in [3.63, 3.8) is 0 Å². The van der Waals surface area contributed by atoms with Crippen molar-refractivity contribution in [1.82, 2.24) is 0 Å². The van der Waals surface area contributed by atoms with E-state index < -0.39 is 23.3 Å². The average molecular weight is 290 g/mol. The Labute approximate surface area is 109 Å². The number of halogens is 4. The van der Waals surface area contributed by atoms with Gasteiger partial charge in [-0.05, 0) is 45.9 Å². The van der Waals surface area contributed by atoms with Gasteiger partial charge in [0.15, 0.2) is 0 Å². The molecule has 0 unspecified atom stereocenters. The lowest BCUT2D eigenvalue weighted by atomic mass is 10.3. The molecule has 0 amide bonds. The van der Waals surface area contributed by atoms with Gasteiger partial charge in [0.25, 0.3) is 0 Å². The fourth-order valence-corrected chi connectivity index (χ4v) is 3.42. The maximum absolute atomic E-state index is 13.3. The summed E-state index contributed by atoms with van der Waals surface area (Å²) in [6.45, 7) is 0. The van der Waals surface area contributed by atoms with Gasteiger partial charge in [0.1, 0.15) is 23.3 Å². The number of hydrogen-bond donors (Lipinski definition) is 0. The third kappa shape index (κ3) is 2.81. The van der Waals surface area contributed by atoms with Crippen LogP contribution in [0.4, 0.5) is 17.6 Å². The van der Waals surface area contributed by atoms with Crippen molar-refractivity contribution in [2.24, 2.45) is 0 Å². The molecule has 0 saturated carbocycles. The summed E-state index contributed by atoms with van der Waals surface area (Å²) < 4.78 is 53.2. The van der Waals surface area contributed by atoms with Crippen LogP contribution in [0.3, 0.4) is 0 Å². The minimum Gasteiger partial charge on any atom is -0.206 e. The zero-order valence-corrected chi connectivity index (χ0v) is 10.4. The lowest BCUT2D eigenvalue weighted by Crippen LogP contribution is -1.87. The molecule has 0 bridgehead atoms. The normalized spacial score (nSPS) is 10.7. The predicted octanol–water partition coefficient (Wildman–Crippen LogP) is 5.04. The van der Waals surface area contributed by atoms with Crippen LogP contribution in [0, 0.1) is 23.3 Å². The zero-order valence-electron chi connectivity index (χ0n) is 8.79. The molecule has 0 saturated heterocycles. The summed E-state index contributed by atoms with van der Waals surface area (Å²) in [7, 11) is 1.28. The quantitative estimate of drug-likeness (QED) is 0.573. The van der Waals surface area contributed by atoms with Gasteiger partial charge in [-0.1, -0.05) is 12.1 Å². The summed E-state index contributed by atoms with van der Waals surface area (Å²) in [5.74, 6) is -3.04. The van der Waals surface area contributed by atoms with Gasteiger partial charge < -0.3 is 0 Å². The van der Waals surface area contributed by atoms with Crippen LogP contribution < -0.4 is 0 Å². The molecular formula is C12H6F4S2. The molecular weight excluding hydrogens is 284 g/mol. The van der Waals surface area contributed by atoms with E-state index >= 15 is 0 Å². The topological polar surface area (TPSA) is 0 Å². The van der Waals surface area contributed by atoms with Crippen molar-refractivity contribution < 1.29 is 17.6 Å². The van der Waals surface area contributed by atoms with Crippen LogP contribution in [-0.4, -0.2) is 0 Å². The Morgan fingerprint density at radius 2 is 0.833 bits per heavy atom. The first-order valence-corrected chi connectivity index (χ1v) is 6.97. The third-order valence-electron chi connectivity index (χ3n) is 2.05. The summed E-state index contributed by atoms with van der Waals surface area (Å²) >= 11 is 0. The molecule has 2 rings (SSSR count). The van der Waals surface area contributed by atoms with E-state index in [1.54, 1.807) is 0 Å². The zero-order chi connectivity index (χ0) is 13.1. The number of benzene rings is 2. The second-order valence-electron chi connectivity index (χ2n) is 3.27. The van der Waals surface area contributed by atoms with Crippen molar-refractivity contribution in [2.45, 2.75) is 9.79 Å². The molecule has 0 aliphatic heterocycles. The van der Waals surface area contributed by atoms with Crippen LogP contribution in [0.25, 0.3) is 0 Å². The van der Waals surface area contributed by atoms with Gasteiger partial charge in [0, 0.05) is 0 Å². The van der Waals surface area contributed by atoms with Gasteiger partial charge in [-0.3, -0.25) is 0 Å². The van der Waals surface area contributed by atoms with Crippen molar-refractivity contribution in [3.05, 3.63) is 59.7 Å². The van der Waals surface area contributed by atoms with E-state index in [1.165, 1.54) is 12.1 Å². The lowest BCUT2D eigenvalue weighted by molar-refractivity contribution is 0.539. The summed E-state index contributed by atoms with van der Waals surface area (Å²) in [5, 5.41) is 0. The second kappa shape index (κ2) is 5.67.